The highest BCUT2D eigenvalue weighted by molar-refractivity contribution is 7.07. The number of hydrogen-bond donors (Lipinski definition) is 2. The topological polar surface area (TPSA) is 106 Å². The Labute approximate surface area is 159 Å². The van der Waals surface area contributed by atoms with Crippen LogP contribution in [0, 0.1) is 24.4 Å². The standard InChI is InChI=1S/C16H14F3N3O5S/c1-8-7-28-16(26)22(8)5-13(25)27-6-12(24)20-4-11(23)21-10-3-2-9(17)14(18)15(10)19/h2-3,7H,4-6H2,1H3,(H,20,24)(H,21,23). The van der Waals surface area contributed by atoms with E-state index in [1.807, 2.05) is 5.32 Å². The molecule has 2 aromatic rings. The van der Waals surface area contributed by atoms with E-state index in [1.165, 1.54) is 4.57 Å². The van der Waals surface area contributed by atoms with Crippen LogP contribution in [0.1, 0.15) is 5.69 Å². The van der Waals surface area contributed by atoms with Crippen molar-refractivity contribution in [3.8, 4) is 0 Å². The molecule has 1 aromatic heterocycles. The van der Waals surface area contributed by atoms with Gasteiger partial charge in [0.15, 0.2) is 24.1 Å². The molecule has 1 aromatic carbocycles. The van der Waals surface area contributed by atoms with Crippen molar-refractivity contribution in [2.24, 2.45) is 0 Å². The van der Waals surface area contributed by atoms with Gasteiger partial charge >= 0.3 is 10.8 Å². The minimum Gasteiger partial charge on any atom is -0.454 e. The first kappa shape index (κ1) is 21.2. The molecule has 0 unspecified atom stereocenters. The molecule has 0 saturated heterocycles. The van der Waals surface area contributed by atoms with E-state index in [0.717, 1.165) is 17.4 Å². The largest absolute Gasteiger partial charge is 0.454 e. The number of nitrogens with zero attached hydrogens (tertiary/aromatic N) is 1. The molecule has 0 aliphatic heterocycles. The molecule has 2 rings (SSSR count). The number of hydrogen-bond acceptors (Lipinski definition) is 6. The van der Waals surface area contributed by atoms with Crippen LogP contribution in [-0.2, 0) is 25.7 Å². The Hall–Kier alpha value is -3.15. The second-order valence-electron chi connectivity index (χ2n) is 5.44. The van der Waals surface area contributed by atoms with Gasteiger partial charge in [-0.05, 0) is 19.1 Å². The average Bonchev–Trinajstić information content (AvgIpc) is 2.97. The molecule has 0 radical (unpaired) electrons. The Balaban J connectivity index is 1.76. The van der Waals surface area contributed by atoms with Crippen molar-refractivity contribution < 1.29 is 32.3 Å². The van der Waals surface area contributed by atoms with Crippen LogP contribution in [0.25, 0.3) is 0 Å². The smallest absolute Gasteiger partial charge is 0.326 e. The molecule has 0 bridgehead atoms. The summed E-state index contributed by atoms with van der Waals surface area (Å²) in [6.07, 6.45) is 0. The lowest BCUT2D eigenvalue weighted by atomic mass is 10.2. The summed E-state index contributed by atoms with van der Waals surface area (Å²) in [5, 5.41) is 5.63. The summed E-state index contributed by atoms with van der Waals surface area (Å²) < 4.78 is 45.2. The van der Waals surface area contributed by atoms with E-state index in [1.54, 1.807) is 12.3 Å². The summed E-state index contributed by atoms with van der Waals surface area (Å²) >= 11 is 0.917. The number of esters is 1. The van der Waals surface area contributed by atoms with Crippen molar-refractivity contribution in [1.29, 1.82) is 0 Å². The van der Waals surface area contributed by atoms with Crippen LogP contribution in [0.5, 0.6) is 0 Å². The van der Waals surface area contributed by atoms with Crippen LogP contribution >= 0.6 is 11.3 Å². The molecule has 2 amide bonds. The third-order valence-corrected chi connectivity index (χ3v) is 4.26. The molecule has 8 nitrogen and oxygen atoms in total. The van der Waals surface area contributed by atoms with Gasteiger partial charge in [0, 0.05) is 11.1 Å². The van der Waals surface area contributed by atoms with E-state index in [9.17, 15) is 32.3 Å². The lowest BCUT2D eigenvalue weighted by Crippen LogP contribution is -2.36. The highest BCUT2D eigenvalue weighted by Crippen LogP contribution is 2.19. The highest BCUT2D eigenvalue weighted by Gasteiger charge is 2.16. The number of rotatable bonds is 7. The first-order valence-electron chi connectivity index (χ1n) is 7.69. The zero-order valence-corrected chi connectivity index (χ0v) is 15.2. The maximum absolute atomic E-state index is 13.4. The van der Waals surface area contributed by atoms with Gasteiger partial charge in [0.05, 0.1) is 12.2 Å². The normalized spacial score (nSPS) is 10.4. The fourth-order valence-corrected chi connectivity index (χ4v) is 2.70. The predicted molar refractivity (Wildman–Crippen MR) is 92.2 cm³/mol. The number of amides is 2. The first-order chi connectivity index (χ1) is 13.2. The first-order valence-corrected chi connectivity index (χ1v) is 8.57. The molecule has 0 spiro atoms. The molecule has 0 saturated carbocycles. The van der Waals surface area contributed by atoms with Gasteiger partial charge in [-0.2, -0.15) is 0 Å². The van der Waals surface area contributed by atoms with Crippen LogP contribution in [0.15, 0.2) is 22.3 Å². The lowest BCUT2D eigenvalue weighted by Gasteiger charge is -2.09. The van der Waals surface area contributed by atoms with Crippen LogP contribution < -0.4 is 15.5 Å². The van der Waals surface area contributed by atoms with Crippen molar-refractivity contribution in [3.63, 3.8) is 0 Å². The summed E-state index contributed by atoms with van der Waals surface area (Å²) in [7, 11) is 0. The molecule has 0 atom stereocenters. The van der Waals surface area contributed by atoms with Gasteiger partial charge in [0.25, 0.3) is 5.91 Å². The molecule has 2 N–H and O–H groups in total. The van der Waals surface area contributed by atoms with E-state index in [0.29, 0.717) is 11.8 Å². The minimum atomic E-state index is -1.74. The number of aromatic nitrogens is 1. The number of halogens is 3. The Morgan fingerprint density at radius 3 is 2.50 bits per heavy atom. The van der Waals surface area contributed by atoms with Crippen LogP contribution in [0.3, 0.4) is 0 Å². The molecule has 28 heavy (non-hydrogen) atoms. The van der Waals surface area contributed by atoms with Gasteiger partial charge in [-0.25, -0.2) is 13.2 Å². The van der Waals surface area contributed by atoms with Gasteiger partial charge in [-0.1, -0.05) is 11.3 Å². The van der Waals surface area contributed by atoms with Crippen molar-refractivity contribution in [1.82, 2.24) is 9.88 Å². The van der Waals surface area contributed by atoms with Gasteiger partial charge in [-0.3, -0.25) is 23.7 Å². The molecule has 1 heterocycles. The maximum Gasteiger partial charge on any atom is 0.326 e. The van der Waals surface area contributed by atoms with Gasteiger partial charge in [0.1, 0.15) is 6.54 Å². The van der Waals surface area contributed by atoms with Crippen molar-refractivity contribution in [3.05, 3.63) is 50.3 Å². The summed E-state index contributed by atoms with van der Waals surface area (Å²) in [6, 6.07) is 1.45. The number of carbonyl (C=O) groups is 3. The van der Waals surface area contributed by atoms with E-state index in [2.05, 4.69) is 5.32 Å². The molecule has 0 fully saturated rings. The van der Waals surface area contributed by atoms with Gasteiger partial charge < -0.3 is 15.4 Å². The number of aryl methyl sites for hydroxylation is 1. The number of anilines is 1. The third-order valence-electron chi connectivity index (χ3n) is 3.38. The summed E-state index contributed by atoms with van der Waals surface area (Å²) in [4.78, 5) is 46.0. The molecule has 0 aliphatic carbocycles. The van der Waals surface area contributed by atoms with Crippen molar-refractivity contribution in [2.45, 2.75) is 13.5 Å². The van der Waals surface area contributed by atoms with E-state index >= 15 is 0 Å². The molecule has 0 aliphatic rings. The lowest BCUT2D eigenvalue weighted by molar-refractivity contribution is -0.149. The monoisotopic (exact) mass is 417 g/mol. The summed E-state index contributed by atoms with van der Waals surface area (Å²) in [6.45, 7) is -0.0643. The molecular weight excluding hydrogens is 403 g/mol. The molecular formula is C16H14F3N3O5S. The van der Waals surface area contributed by atoms with Crippen LogP contribution in [0.2, 0.25) is 0 Å². The second kappa shape index (κ2) is 9.17. The number of benzene rings is 1. The maximum atomic E-state index is 13.4. The van der Waals surface area contributed by atoms with Gasteiger partial charge in [-0.15, -0.1) is 0 Å². The minimum absolute atomic E-state index is 0.347. The second-order valence-corrected chi connectivity index (χ2v) is 6.26. The fourth-order valence-electron chi connectivity index (χ4n) is 1.96. The Morgan fingerprint density at radius 1 is 1.14 bits per heavy atom. The van der Waals surface area contributed by atoms with Gasteiger partial charge in [0.2, 0.25) is 5.91 Å². The van der Waals surface area contributed by atoms with Crippen LogP contribution in [0.4, 0.5) is 18.9 Å². The Kier molecular flexibility index (Phi) is 6.93. The zero-order chi connectivity index (χ0) is 20.8. The Bertz CT molecular complexity index is 973. The van der Waals surface area contributed by atoms with Crippen LogP contribution in [-0.4, -0.2) is 35.5 Å². The highest BCUT2D eigenvalue weighted by atomic mass is 32.1. The van der Waals surface area contributed by atoms with E-state index in [4.69, 9.17) is 4.74 Å². The van der Waals surface area contributed by atoms with E-state index in [-0.39, 0.29) is 11.4 Å². The van der Waals surface area contributed by atoms with Crippen molar-refractivity contribution in [2.75, 3.05) is 18.5 Å². The SMILES string of the molecule is Cc1csc(=O)n1CC(=O)OCC(=O)NCC(=O)Nc1ccc(F)c(F)c1F. The molecule has 12 heteroatoms. The summed E-state index contributed by atoms with van der Waals surface area (Å²) in [5.74, 6) is -7.30. The average molecular weight is 417 g/mol. The number of nitrogens with one attached hydrogen (secondary N) is 2. The number of thiazole rings is 1. The van der Waals surface area contributed by atoms with Crippen molar-refractivity contribution >= 4 is 34.8 Å². The fraction of sp³-hybridized carbons (Fsp3) is 0.250. The number of carbonyl (C=O) groups excluding carboxylic acids is 3. The molecule has 150 valence electrons. The zero-order valence-electron chi connectivity index (χ0n) is 14.4. The third kappa shape index (κ3) is 5.42. The number of ether oxygens (including phenoxy) is 1. The predicted octanol–water partition coefficient (Wildman–Crippen LogP) is 0.934. The quantitative estimate of drug-likeness (QED) is 0.515. The van der Waals surface area contributed by atoms with E-state index < -0.39 is 54.1 Å². The summed E-state index contributed by atoms with van der Waals surface area (Å²) in [5.41, 5.74) is -0.0290. The Morgan fingerprint density at radius 2 is 1.86 bits per heavy atom.